The summed E-state index contributed by atoms with van der Waals surface area (Å²) in [5.74, 6) is 1.30. The monoisotopic (exact) mass is 680 g/mol. The third-order valence-electron chi connectivity index (χ3n) is 8.03. The Kier molecular flexibility index (Phi) is 10.8. The molecule has 6 rings (SSSR count). The number of rotatable bonds is 9. The van der Waals surface area contributed by atoms with E-state index in [1.54, 1.807) is 51.9 Å². The Bertz CT molecular complexity index is 1580. The van der Waals surface area contributed by atoms with E-state index in [-0.39, 0.29) is 34.8 Å². The van der Waals surface area contributed by atoms with Crippen molar-refractivity contribution in [2.45, 2.75) is 35.2 Å². The van der Waals surface area contributed by atoms with Crippen molar-refractivity contribution in [2.24, 2.45) is 11.7 Å². The normalized spacial score (nSPS) is 21.3. The van der Waals surface area contributed by atoms with Gasteiger partial charge in [-0.3, -0.25) is 14.3 Å². The number of ether oxygens (including phenoxy) is 1. The maximum Gasteiger partial charge on any atom is 0.447 e. The van der Waals surface area contributed by atoms with Gasteiger partial charge in [0.15, 0.2) is 0 Å². The molecule has 1 aromatic carbocycles. The summed E-state index contributed by atoms with van der Waals surface area (Å²) in [5.41, 5.74) is 4.12. The molecule has 3 aliphatic rings. The first kappa shape index (κ1) is 33.9. The molecule has 3 atom stereocenters. The van der Waals surface area contributed by atoms with E-state index in [4.69, 9.17) is 10.5 Å². The number of halogens is 4. The SMILES string of the molecule is CN1CCC(N)C(F)C1.COc1cc(C(=O)NSCC2CN(C=O)C2)ccc1NC1C=Cc2cc3c1cccn3c2SC(F)(F)F. The zero-order valence-electron chi connectivity index (χ0n) is 25.3. The summed E-state index contributed by atoms with van der Waals surface area (Å²) in [6, 6.07) is 9.88. The molecule has 2 aromatic heterocycles. The van der Waals surface area contributed by atoms with Gasteiger partial charge in [-0.2, -0.15) is 13.2 Å². The number of carbonyl (C=O) groups is 2. The summed E-state index contributed by atoms with van der Waals surface area (Å²) in [5, 5.41) is 3.52. The third kappa shape index (κ3) is 8.11. The van der Waals surface area contributed by atoms with Crippen LogP contribution in [0.15, 0.2) is 53.7 Å². The van der Waals surface area contributed by atoms with Crippen molar-refractivity contribution >= 4 is 53.3 Å². The topological polar surface area (TPSA) is 104 Å². The number of piperidine rings is 1. The highest BCUT2D eigenvalue weighted by Crippen LogP contribution is 2.43. The van der Waals surface area contributed by atoms with Gasteiger partial charge in [0, 0.05) is 72.0 Å². The molecule has 15 heteroatoms. The van der Waals surface area contributed by atoms with Crippen molar-refractivity contribution in [1.82, 2.24) is 18.9 Å². The van der Waals surface area contributed by atoms with Crippen LogP contribution in [0, 0.1) is 5.92 Å². The number of anilines is 1. The summed E-state index contributed by atoms with van der Waals surface area (Å²) in [4.78, 5) is 26.9. The van der Waals surface area contributed by atoms with Crippen molar-refractivity contribution < 1.29 is 31.9 Å². The third-order valence-corrected chi connectivity index (χ3v) is 9.85. The molecule has 2 amide bonds. The van der Waals surface area contributed by atoms with E-state index in [0.717, 1.165) is 30.7 Å². The smallest absolute Gasteiger partial charge is 0.447 e. The van der Waals surface area contributed by atoms with E-state index in [1.165, 1.54) is 19.1 Å². The fourth-order valence-electron chi connectivity index (χ4n) is 5.52. The highest BCUT2D eigenvalue weighted by atomic mass is 32.2. The van der Waals surface area contributed by atoms with Crippen LogP contribution in [-0.4, -0.2) is 90.3 Å². The summed E-state index contributed by atoms with van der Waals surface area (Å²) in [7, 11) is 3.42. The van der Waals surface area contributed by atoms with Gasteiger partial charge in [0.1, 0.15) is 11.9 Å². The molecule has 0 saturated carbocycles. The first-order valence-corrected chi connectivity index (χ1v) is 16.5. The lowest BCUT2D eigenvalue weighted by atomic mass is 10.0. The van der Waals surface area contributed by atoms with Gasteiger partial charge < -0.3 is 30.0 Å². The number of amides is 2. The predicted octanol–water partition coefficient (Wildman–Crippen LogP) is 5.19. The number of hydrogen-bond acceptors (Lipinski definition) is 8. The molecule has 0 spiro atoms. The zero-order valence-corrected chi connectivity index (χ0v) is 26.9. The molecule has 2 fully saturated rings. The number of alkyl halides is 4. The highest BCUT2D eigenvalue weighted by molar-refractivity contribution is 8.00. The molecule has 9 nitrogen and oxygen atoms in total. The van der Waals surface area contributed by atoms with Crippen LogP contribution in [0.5, 0.6) is 5.75 Å². The second kappa shape index (κ2) is 14.6. The van der Waals surface area contributed by atoms with E-state index in [0.29, 0.717) is 53.6 Å². The number of hydrogen-bond donors (Lipinski definition) is 3. The molecule has 0 radical (unpaired) electrons. The van der Waals surface area contributed by atoms with Crippen molar-refractivity contribution in [3.63, 3.8) is 0 Å². The molecule has 2 aliphatic heterocycles. The van der Waals surface area contributed by atoms with E-state index in [2.05, 4.69) is 10.0 Å². The summed E-state index contributed by atoms with van der Waals surface area (Å²) >= 11 is 1.19. The average molecular weight is 681 g/mol. The second-order valence-electron chi connectivity index (χ2n) is 11.5. The number of benzene rings is 1. The number of carbonyl (C=O) groups excluding carboxylic acids is 2. The van der Waals surface area contributed by atoms with Crippen LogP contribution in [-0.2, 0) is 4.79 Å². The number of pyridine rings is 1. The molecule has 1 aliphatic carbocycles. The number of thioether (sulfide) groups is 1. The van der Waals surface area contributed by atoms with Crippen LogP contribution >= 0.6 is 23.7 Å². The lowest BCUT2D eigenvalue weighted by Crippen LogP contribution is -2.47. The Morgan fingerprint density at radius 1 is 1.20 bits per heavy atom. The number of nitrogens with two attached hydrogens (primary N) is 1. The maximum absolute atomic E-state index is 13.1. The second-order valence-corrected chi connectivity index (χ2v) is 13.3. The lowest BCUT2D eigenvalue weighted by Gasteiger charge is -2.35. The summed E-state index contributed by atoms with van der Waals surface area (Å²) in [6.07, 6.45) is 5.94. The van der Waals surface area contributed by atoms with E-state index in [1.807, 2.05) is 24.1 Å². The molecule has 4 heterocycles. The van der Waals surface area contributed by atoms with Gasteiger partial charge in [-0.15, -0.1) is 0 Å². The molecule has 2 saturated heterocycles. The van der Waals surface area contributed by atoms with Crippen LogP contribution in [0.2, 0.25) is 0 Å². The number of nitrogens with one attached hydrogen (secondary N) is 2. The number of likely N-dealkylation sites (tertiary alicyclic amines) is 2. The Morgan fingerprint density at radius 2 is 1.98 bits per heavy atom. The first-order valence-electron chi connectivity index (χ1n) is 14.7. The molecule has 3 aromatic rings. The first-order chi connectivity index (χ1) is 22.0. The fourth-order valence-corrected chi connectivity index (χ4v) is 7.02. The molecule has 46 heavy (non-hydrogen) atoms. The minimum Gasteiger partial charge on any atom is -0.495 e. The van der Waals surface area contributed by atoms with Gasteiger partial charge in [-0.05, 0) is 62.3 Å². The Hall–Kier alpha value is -3.40. The van der Waals surface area contributed by atoms with Crippen molar-refractivity contribution in [3.8, 4) is 5.75 Å². The number of nitrogens with zero attached hydrogens (tertiary/aromatic N) is 3. The lowest BCUT2D eigenvalue weighted by molar-refractivity contribution is -0.123. The van der Waals surface area contributed by atoms with E-state index in [9.17, 15) is 27.2 Å². The van der Waals surface area contributed by atoms with E-state index < -0.39 is 11.7 Å². The van der Waals surface area contributed by atoms with Gasteiger partial charge in [-0.25, -0.2) is 4.39 Å². The van der Waals surface area contributed by atoms with Crippen LogP contribution < -0.4 is 20.5 Å². The van der Waals surface area contributed by atoms with Crippen LogP contribution in [0.25, 0.3) is 11.6 Å². The molecule has 4 N–H and O–H groups in total. The largest absolute Gasteiger partial charge is 0.495 e. The standard InChI is InChI=1S/C25H23F3N4O3S2.C6H13FN2/c1-35-22-10-16(23(34)30-36-13-15-11-31(12-15)14-33)4-7-20(22)29-19-6-5-17-9-21-18(19)3-2-8-32(21)24(17)37-25(26,27)28;1-9-3-2-6(8)5(7)4-9/h2-10,14-15,19,29H,11-13H2,1H3,(H,30,34);5-6H,2-4,8H2,1H3. The molecular weight excluding hydrogens is 645 g/mol. The Balaban J connectivity index is 0.000000400. The number of methoxy groups -OCH3 is 1. The maximum atomic E-state index is 13.1. The molecule has 3 unspecified atom stereocenters. The molecule has 2 bridgehead atoms. The van der Waals surface area contributed by atoms with Crippen molar-refractivity contribution in [2.75, 3.05) is 51.4 Å². The van der Waals surface area contributed by atoms with Gasteiger partial charge >= 0.3 is 5.51 Å². The van der Waals surface area contributed by atoms with Crippen molar-refractivity contribution in [3.05, 3.63) is 65.4 Å². The van der Waals surface area contributed by atoms with E-state index >= 15 is 0 Å². The fraction of sp³-hybridized carbons (Fsp3) is 0.419. The zero-order chi connectivity index (χ0) is 33.0. The molecule has 248 valence electrons. The van der Waals surface area contributed by atoms with Crippen LogP contribution in [0.1, 0.15) is 33.9 Å². The van der Waals surface area contributed by atoms with Crippen molar-refractivity contribution in [1.29, 1.82) is 0 Å². The van der Waals surface area contributed by atoms with Crippen LogP contribution in [0.3, 0.4) is 0 Å². The quantitative estimate of drug-likeness (QED) is 0.123. The predicted molar refractivity (Wildman–Crippen MR) is 174 cm³/mol. The van der Waals surface area contributed by atoms with Crippen LogP contribution in [0.4, 0.5) is 23.2 Å². The molecular formula is C31H36F4N6O3S2. The Morgan fingerprint density at radius 3 is 2.65 bits per heavy atom. The highest BCUT2D eigenvalue weighted by Gasteiger charge is 2.33. The Labute approximate surface area is 273 Å². The summed E-state index contributed by atoms with van der Waals surface area (Å²) < 4.78 is 62.0. The number of fused-ring (bicyclic) bond motifs is 1. The minimum absolute atomic E-state index is 0.125. The average Bonchev–Trinajstić information content (AvgIpc) is 3.23. The number of aromatic nitrogens is 1. The van der Waals surface area contributed by atoms with Gasteiger partial charge in [-0.1, -0.05) is 18.2 Å². The summed E-state index contributed by atoms with van der Waals surface area (Å²) in [6.45, 7) is 2.84. The van der Waals surface area contributed by atoms with Gasteiger partial charge in [0.05, 0.1) is 29.4 Å². The minimum atomic E-state index is -4.39. The van der Waals surface area contributed by atoms with Gasteiger partial charge in [0.25, 0.3) is 5.91 Å². The van der Waals surface area contributed by atoms with Gasteiger partial charge in [0.2, 0.25) is 6.41 Å².